The smallest absolute Gasteiger partial charge is 0.333 e. The fourth-order valence-corrected chi connectivity index (χ4v) is 10.2. The number of carbonyl (C=O) groups excluding carboxylic acids is 1. The van der Waals surface area contributed by atoms with Gasteiger partial charge in [0, 0.05) is 31.3 Å². The number of aromatic nitrogens is 2. The number of rotatable bonds is 9. The summed E-state index contributed by atoms with van der Waals surface area (Å²) in [5, 5.41) is 24.0. The SMILES string of the molecule is Cc1cn(C2CC(O)C(CO)O2)c(=O)n(CCCNC(=O)Cc2ccc([Si](C(C)(C)C)C(C)(C)C)cc2)c1=O. The van der Waals surface area contributed by atoms with Crippen molar-refractivity contribution in [2.45, 2.75) is 103 Å². The Morgan fingerprint density at radius 3 is 2.26 bits per heavy atom. The fourth-order valence-electron chi connectivity index (χ4n) is 5.71. The molecule has 3 atom stereocenters. The molecule has 3 rings (SSSR count). The van der Waals surface area contributed by atoms with E-state index in [9.17, 15) is 24.6 Å². The Labute approximate surface area is 232 Å². The lowest BCUT2D eigenvalue weighted by Gasteiger charge is -2.39. The molecule has 215 valence electrons. The van der Waals surface area contributed by atoms with E-state index < -0.39 is 38.5 Å². The number of aryl methyl sites for hydroxylation is 1. The molecule has 3 unspecified atom stereocenters. The van der Waals surface area contributed by atoms with Gasteiger partial charge in [0.25, 0.3) is 5.56 Å². The molecule has 10 heteroatoms. The summed E-state index contributed by atoms with van der Waals surface area (Å²) in [6.07, 6.45) is -0.178. The minimum atomic E-state index is -0.890. The van der Waals surface area contributed by atoms with Gasteiger partial charge in [-0.2, -0.15) is 0 Å². The molecule has 1 aromatic heterocycles. The van der Waals surface area contributed by atoms with E-state index in [0.717, 1.165) is 10.1 Å². The van der Waals surface area contributed by atoms with E-state index in [1.165, 1.54) is 16.0 Å². The number of carbonyl (C=O) groups is 1. The average molecular weight is 559 g/mol. The van der Waals surface area contributed by atoms with Crippen LogP contribution in [-0.4, -0.2) is 59.4 Å². The summed E-state index contributed by atoms with van der Waals surface area (Å²) < 4.78 is 8.03. The molecule has 1 fully saturated rings. The Kier molecular flexibility index (Phi) is 9.80. The van der Waals surface area contributed by atoms with Crippen LogP contribution in [0.4, 0.5) is 0 Å². The van der Waals surface area contributed by atoms with Gasteiger partial charge in [-0.15, -0.1) is 0 Å². The van der Waals surface area contributed by atoms with Crippen molar-refractivity contribution >= 4 is 19.9 Å². The summed E-state index contributed by atoms with van der Waals surface area (Å²) in [7, 11) is -0.853. The molecule has 1 radical (unpaired) electrons. The molecule has 2 heterocycles. The van der Waals surface area contributed by atoms with Gasteiger partial charge in [-0.1, -0.05) is 71.0 Å². The number of benzene rings is 1. The second kappa shape index (κ2) is 12.3. The summed E-state index contributed by atoms with van der Waals surface area (Å²) in [4.78, 5) is 38.2. The van der Waals surface area contributed by atoms with E-state index in [1.54, 1.807) is 6.92 Å². The van der Waals surface area contributed by atoms with Crippen molar-refractivity contribution in [2.75, 3.05) is 13.2 Å². The predicted octanol–water partition coefficient (Wildman–Crippen LogP) is 2.01. The first-order chi connectivity index (χ1) is 18.1. The number of ether oxygens (including phenoxy) is 1. The van der Waals surface area contributed by atoms with E-state index >= 15 is 0 Å². The molecule has 39 heavy (non-hydrogen) atoms. The van der Waals surface area contributed by atoms with Gasteiger partial charge in [0.15, 0.2) is 0 Å². The molecule has 0 bridgehead atoms. The predicted molar refractivity (Wildman–Crippen MR) is 154 cm³/mol. The second-order valence-electron chi connectivity index (χ2n) is 12.5. The van der Waals surface area contributed by atoms with Crippen molar-refractivity contribution in [1.82, 2.24) is 14.5 Å². The van der Waals surface area contributed by atoms with Crippen LogP contribution in [0.15, 0.2) is 40.1 Å². The van der Waals surface area contributed by atoms with Crippen LogP contribution in [0.25, 0.3) is 0 Å². The lowest BCUT2D eigenvalue weighted by molar-refractivity contribution is -0.120. The first kappa shape index (κ1) is 31.0. The fraction of sp³-hybridized carbons (Fsp3) is 0.621. The number of nitrogens with zero attached hydrogens (tertiary/aromatic N) is 2. The van der Waals surface area contributed by atoms with Crippen molar-refractivity contribution < 1.29 is 19.7 Å². The highest BCUT2D eigenvalue weighted by Crippen LogP contribution is 2.41. The van der Waals surface area contributed by atoms with Crippen LogP contribution >= 0.6 is 0 Å². The third-order valence-corrected chi connectivity index (χ3v) is 11.0. The van der Waals surface area contributed by atoms with Crippen LogP contribution in [-0.2, 0) is 22.5 Å². The van der Waals surface area contributed by atoms with E-state index in [4.69, 9.17) is 4.74 Å². The number of nitrogens with one attached hydrogen (secondary N) is 1. The molecule has 1 saturated heterocycles. The summed E-state index contributed by atoms with van der Waals surface area (Å²) >= 11 is 0. The lowest BCUT2D eigenvalue weighted by atomic mass is 10.1. The molecule has 0 spiro atoms. The highest BCUT2D eigenvalue weighted by Gasteiger charge is 2.38. The molecule has 0 aliphatic carbocycles. The molecule has 1 aliphatic rings. The molecule has 2 aromatic rings. The first-order valence-electron chi connectivity index (χ1n) is 13.6. The summed E-state index contributed by atoms with van der Waals surface area (Å²) in [6.45, 7) is 15.5. The Morgan fingerprint density at radius 2 is 1.72 bits per heavy atom. The van der Waals surface area contributed by atoms with Crippen molar-refractivity contribution in [3.8, 4) is 0 Å². The molecule has 0 saturated carbocycles. The Balaban J connectivity index is 1.58. The zero-order valence-electron chi connectivity index (χ0n) is 24.3. The van der Waals surface area contributed by atoms with Gasteiger partial charge < -0.3 is 20.3 Å². The standard InChI is InChI=1S/C29H44N3O6Si/c1-19-17-32(25-16-22(34)23(18-33)38-25)27(37)31(26(19)36)14-8-13-30-24(35)15-20-9-11-21(12-10-20)39(28(2,3)4)29(5,6)7/h9-12,17,22-23,25,33-34H,8,13-16,18H2,1-7H3,(H,30,35). The molecular weight excluding hydrogens is 514 g/mol. The Bertz CT molecular complexity index is 1240. The van der Waals surface area contributed by atoms with Gasteiger partial charge in [-0.3, -0.25) is 18.7 Å². The Morgan fingerprint density at radius 1 is 1.10 bits per heavy atom. The minimum Gasteiger partial charge on any atom is -0.394 e. The highest BCUT2D eigenvalue weighted by molar-refractivity contribution is 6.78. The summed E-state index contributed by atoms with van der Waals surface area (Å²) in [5.41, 5.74) is 0.374. The molecule has 1 amide bonds. The van der Waals surface area contributed by atoms with E-state index in [-0.39, 0.29) is 42.0 Å². The largest absolute Gasteiger partial charge is 0.394 e. The normalized spacial score (nSPS) is 20.0. The highest BCUT2D eigenvalue weighted by atomic mass is 28.3. The first-order valence-corrected chi connectivity index (χ1v) is 15.1. The topological polar surface area (TPSA) is 123 Å². The maximum atomic E-state index is 13.0. The molecule has 3 N–H and O–H groups in total. The molecule has 1 aliphatic heterocycles. The average Bonchev–Trinajstić information content (AvgIpc) is 3.20. The number of aliphatic hydroxyl groups is 2. The summed E-state index contributed by atoms with van der Waals surface area (Å²) in [6, 6.07) is 8.40. The van der Waals surface area contributed by atoms with E-state index in [1.807, 2.05) is 12.1 Å². The second-order valence-corrected chi connectivity index (χ2v) is 16.9. The van der Waals surface area contributed by atoms with Crippen LogP contribution in [0.3, 0.4) is 0 Å². The number of hydrogen-bond acceptors (Lipinski definition) is 6. The van der Waals surface area contributed by atoms with Crippen molar-refractivity contribution in [2.24, 2.45) is 0 Å². The maximum Gasteiger partial charge on any atom is 0.333 e. The van der Waals surface area contributed by atoms with Crippen molar-refractivity contribution in [1.29, 1.82) is 0 Å². The monoisotopic (exact) mass is 558 g/mol. The molecule has 1 aromatic carbocycles. The van der Waals surface area contributed by atoms with Crippen LogP contribution in [0.5, 0.6) is 0 Å². The maximum absolute atomic E-state index is 13.0. The van der Waals surface area contributed by atoms with E-state index in [2.05, 4.69) is 59.0 Å². The minimum absolute atomic E-state index is 0.114. The molecule has 9 nitrogen and oxygen atoms in total. The van der Waals surface area contributed by atoms with Crippen LogP contribution in [0, 0.1) is 6.92 Å². The Hall–Kier alpha value is -2.53. The molecular formula is C29H44N3O6Si. The zero-order chi connectivity index (χ0) is 29.1. The van der Waals surface area contributed by atoms with Gasteiger partial charge >= 0.3 is 5.69 Å². The van der Waals surface area contributed by atoms with Crippen LogP contribution in [0.2, 0.25) is 10.1 Å². The summed E-state index contributed by atoms with van der Waals surface area (Å²) in [5.74, 6) is -0.114. The number of hydrogen-bond donors (Lipinski definition) is 3. The van der Waals surface area contributed by atoms with Gasteiger partial charge in [0.2, 0.25) is 5.91 Å². The van der Waals surface area contributed by atoms with E-state index in [0.29, 0.717) is 18.5 Å². The van der Waals surface area contributed by atoms with Crippen molar-refractivity contribution in [3.63, 3.8) is 0 Å². The lowest BCUT2D eigenvalue weighted by Crippen LogP contribution is -2.45. The number of amides is 1. The number of aliphatic hydroxyl groups excluding tert-OH is 2. The van der Waals surface area contributed by atoms with Gasteiger partial charge in [-0.05, 0) is 29.0 Å². The zero-order valence-corrected chi connectivity index (χ0v) is 25.3. The van der Waals surface area contributed by atoms with Crippen molar-refractivity contribution in [3.05, 3.63) is 62.4 Å². The third-order valence-electron chi connectivity index (χ3n) is 7.05. The third kappa shape index (κ3) is 7.56. The van der Waals surface area contributed by atoms with Gasteiger partial charge in [0.05, 0.1) is 27.9 Å². The van der Waals surface area contributed by atoms with Gasteiger partial charge in [-0.25, -0.2) is 4.79 Å². The van der Waals surface area contributed by atoms with Crippen LogP contribution in [0.1, 0.15) is 71.7 Å². The quantitative estimate of drug-likeness (QED) is 0.320. The van der Waals surface area contributed by atoms with Crippen LogP contribution < -0.4 is 21.8 Å². The van der Waals surface area contributed by atoms with Gasteiger partial charge in [0.1, 0.15) is 12.3 Å².